The molecule has 3 rings (SSSR count). The zero-order chi connectivity index (χ0) is 15.7. The number of thioether (sulfide) groups is 1. The smallest absolute Gasteiger partial charge is 0.233 e. The number of aromatic nitrogens is 3. The second-order valence-corrected chi connectivity index (χ2v) is 7.64. The Kier molecular flexibility index (Phi) is 4.54. The van der Waals surface area contributed by atoms with Crippen molar-refractivity contribution in [2.75, 3.05) is 0 Å². The van der Waals surface area contributed by atoms with Gasteiger partial charge in [-0.25, -0.2) is 0 Å². The highest BCUT2D eigenvalue weighted by Gasteiger charge is 2.27. The summed E-state index contributed by atoms with van der Waals surface area (Å²) in [6.07, 6.45) is 2.19. The molecule has 0 bridgehead atoms. The van der Waals surface area contributed by atoms with Gasteiger partial charge in [-0.3, -0.25) is 4.79 Å². The van der Waals surface area contributed by atoms with Crippen LogP contribution in [0.15, 0.2) is 33.9 Å². The number of rotatable bonds is 5. The van der Waals surface area contributed by atoms with Gasteiger partial charge in [0, 0.05) is 23.1 Å². The Balaban J connectivity index is 1.74. The summed E-state index contributed by atoms with van der Waals surface area (Å²) in [5.74, 6) is 0.859. The maximum atomic E-state index is 12.0. The molecule has 0 saturated heterocycles. The van der Waals surface area contributed by atoms with Crippen LogP contribution in [0.3, 0.4) is 0 Å². The number of hydrogen-bond acceptors (Lipinski definition) is 4. The predicted octanol–water partition coefficient (Wildman–Crippen LogP) is 3.00. The fourth-order valence-corrected chi connectivity index (χ4v) is 3.28. The Morgan fingerprint density at radius 1 is 1.45 bits per heavy atom. The molecule has 1 fully saturated rings. The monoisotopic (exact) mass is 380 g/mol. The molecule has 2 aromatic rings. The average Bonchev–Trinajstić information content (AvgIpc) is 3.23. The summed E-state index contributed by atoms with van der Waals surface area (Å²) in [6.45, 7) is 1.90. The van der Waals surface area contributed by atoms with Gasteiger partial charge in [-0.2, -0.15) is 0 Å². The average molecular weight is 381 g/mol. The van der Waals surface area contributed by atoms with Gasteiger partial charge in [0.15, 0.2) is 11.0 Å². The van der Waals surface area contributed by atoms with E-state index >= 15 is 0 Å². The molecule has 1 saturated carbocycles. The van der Waals surface area contributed by atoms with Gasteiger partial charge in [0.05, 0.1) is 5.25 Å². The molecule has 5 nitrogen and oxygen atoms in total. The molecular formula is C15H17BrN4OS. The fraction of sp³-hybridized carbons (Fsp3) is 0.400. The largest absolute Gasteiger partial charge is 0.352 e. The molecule has 0 spiro atoms. The number of halogens is 1. The molecule has 1 N–H and O–H groups in total. The number of benzene rings is 1. The molecule has 1 heterocycles. The van der Waals surface area contributed by atoms with Crippen molar-refractivity contribution in [1.29, 1.82) is 0 Å². The first kappa shape index (κ1) is 15.6. The maximum Gasteiger partial charge on any atom is 0.233 e. The van der Waals surface area contributed by atoms with E-state index in [1.54, 1.807) is 0 Å². The quantitative estimate of drug-likeness (QED) is 0.809. The topological polar surface area (TPSA) is 59.8 Å². The molecule has 0 aliphatic heterocycles. The van der Waals surface area contributed by atoms with Crippen molar-refractivity contribution in [1.82, 2.24) is 20.1 Å². The molecule has 7 heteroatoms. The minimum absolute atomic E-state index is 0.0690. The zero-order valence-corrected chi connectivity index (χ0v) is 14.8. The lowest BCUT2D eigenvalue weighted by Gasteiger charge is -2.11. The molecule has 1 unspecified atom stereocenters. The summed E-state index contributed by atoms with van der Waals surface area (Å²) in [4.78, 5) is 12.0. The van der Waals surface area contributed by atoms with E-state index in [0.717, 1.165) is 33.9 Å². The Hall–Kier alpha value is -1.34. The third-order valence-corrected chi connectivity index (χ3v) is 5.12. The summed E-state index contributed by atoms with van der Waals surface area (Å²) in [6, 6.07) is 8.31. The predicted molar refractivity (Wildman–Crippen MR) is 90.6 cm³/mol. The number of hydrogen-bond donors (Lipinski definition) is 1. The van der Waals surface area contributed by atoms with Crippen LogP contribution in [0.5, 0.6) is 0 Å². The lowest BCUT2D eigenvalue weighted by molar-refractivity contribution is -0.120. The number of nitrogens with zero attached hydrogens (tertiary/aromatic N) is 3. The van der Waals surface area contributed by atoms with Crippen LogP contribution in [-0.4, -0.2) is 32.0 Å². The highest BCUT2D eigenvalue weighted by molar-refractivity contribution is 9.10. The lowest BCUT2D eigenvalue weighted by atomic mass is 10.2. The fourth-order valence-electron chi connectivity index (χ4n) is 2.05. The molecule has 1 aliphatic rings. The van der Waals surface area contributed by atoms with Crippen LogP contribution in [0.1, 0.15) is 19.8 Å². The molecular weight excluding hydrogens is 364 g/mol. The van der Waals surface area contributed by atoms with Gasteiger partial charge in [-0.05, 0) is 31.9 Å². The van der Waals surface area contributed by atoms with E-state index in [1.807, 2.05) is 42.8 Å². The Morgan fingerprint density at radius 3 is 2.91 bits per heavy atom. The Bertz CT molecular complexity index is 699. The molecule has 1 aromatic heterocycles. The van der Waals surface area contributed by atoms with Crippen LogP contribution in [0.2, 0.25) is 0 Å². The third kappa shape index (κ3) is 3.52. The molecule has 1 atom stereocenters. The summed E-state index contributed by atoms with van der Waals surface area (Å²) < 4.78 is 2.92. The van der Waals surface area contributed by atoms with E-state index < -0.39 is 0 Å². The van der Waals surface area contributed by atoms with Crippen LogP contribution >= 0.6 is 27.7 Å². The minimum atomic E-state index is -0.182. The van der Waals surface area contributed by atoms with E-state index in [9.17, 15) is 4.79 Å². The first-order valence-electron chi connectivity index (χ1n) is 7.17. The van der Waals surface area contributed by atoms with Gasteiger partial charge in [-0.15, -0.1) is 10.2 Å². The Morgan fingerprint density at radius 2 is 2.23 bits per heavy atom. The van der Waals surface area contributed by atoms with Gasteiger partial charge >= 0.3 is 0 Å². The van der Waals surface area contributed by atoms with Crippen molar-refractivity contribution in [2.24, 2.45) is 7.05 Å². The number of carbonyl (C=O) groups excluding carboxylic acids is 1. The van der Waals surface area contributed by atoms with Crippen molar-refractivity contribution in [3.05, 3.63) is 28.7 Å². The van der Waals surface area contributed by atoms with E-state index in [-0.39, 0.29) is 11.2 Å². The SMILES string of the molecule is CC(Sc1nnc(-c2cccc(Br)c2)n1C)C(=O)NC1CC1. The van der Waals surface area contributed by atoms with Crippen LogP contribution in [0, 0.1) is 0 Å². The highest BCUT2D eigenvalue weighted by atomic mass is 79.9. The first-order valence-corrected chi connectivity index (χ1v) is 8.84. The first-order chi connectivity index (χ1) is 10.5. The molecule has 1 aromatic carbocycles. The van der Waals surface area contributed by atoms with E-state index in [2.05, 4.69) is 31.4 Å². The van der Waals surface area contributed by atoms with Gasteiger partial charge in [-0.1, -0.05) is 39.8 Å². The minimum Gasteiger partial charge on any atom is -0.352 e. The standard InChI is InChI=1S/C15H17BrN4OS/c1-9(14(21)17-12-6-7-12)22-15-19-18-13(20(15)2)10-4-3-5-11(16)8-10/h3-5,8-9,12H,6-7H2,1-2H3,(H,17,21). The lowest BCUT2D eigenvalue weighted by Crippen LogP contribution is -2.32. The van der Waals surface area contributed by atoms with E-state index in [0.29, 0.717) is 6.04 Å². The maximum absolute atomic E-state index is 12.0. The molecule has 116 valence electrons. The third-order valence-electron chi connectivity index (χ3n) is 3.49. The second kappa shape index (κ2) is 6.42. The number of carbonyl (C=O) groups is 1. The van der Waals surface area contributed by atoms with Crippen molar-refractivity contribution >= 4 is 33.6 Å². The van der Waals surface area contributed by atoms with Crippen molar-refractivity contribution in [3.63, 3.8) is 0 Å². The van der Waals surface area contributed by atoms with Crippen LogP contribution < -0.4 is 5.32 Å². The number of amides is 1. The highest BCUT2D eigenvalue weighted by Crippen LogP contribution is 2.27. The van der Waals surface area contributed by atoms with Crippen molar-refractivity contribution in [2.45, 2.75) is 36.2 Å². The van der Waals surface area contributed by atoms with Crippen molar-refractivity contribution < 1.29 is 4.79 Å². The molecule has 1 amide bonds. The second-order valence-electron chi connectivity index (χ2n) is 5.42. The van der Waals surface area contributed by atoms with Gasteiger partial charge in [0.25, 0.3) is 0 Å². The van der Waals surface area contributed by atoms with Crippen LogP contribution in [0.25, 0.3) is 11.4 Å². The van der Waals surface area contributed by atoms with E-state index in [1.165, 1.54) is 11.8 Å². The van der Waals surface area contributed by atoms with E-state index in [4.69, 9.17) is 0 Å². The van der Waals surface area contributed by atoms with Crippen LogP contribution in [-0.2, 0) is 11.8 Å². The normalized spacial score (nSPS) is 15.6. The summed E-state index contributed by atoms with van der Waals surface area (Å²) >= 11 is 4.90. The molecule has 0 radical (unpaired) electrons. The van der Waals surface area contributed by atoms with Crippen molar-refractivity contribution in [3.8, 4) is 11.4 Å². The molecule has 1 aliphatic carbocycles. The summed E-state index contributed by atoms with van der Waals surface area (Å²) in [5, 5.41) is 12.1. The summed E-state index contributed by atoms with van der Waals surface area (Å²) in [5.41, 5.74) is 0.992. The Labute approximate surface area is 142 Å². The van der Waals surface area contributed by atoms with Gasteiger partial charge in [0.2, 0.25) is 5.91 Å². The number of nitrogens with one attached hydrogen (secondary N) is 1. The van der Waals surface area contributed by atoms with Gasteiger partial charge < -0.3 is 9.88 Å². The van der Waals surface area contributed by atoms with Gasteiger partial charge in [0.1, 0.15) is 0 Å². The molecule has 22 heavy (non-hydrogen) atoms. The van der Waals surface area contributed by atoms with Crippen LogP contribution in [0.4, 0.5) is 0 Å². The summed E-state index contributed by atoms with van der Waals surface area (Å²) in [7, 11) is 1.92. The zero-order valence-electron chi connectivity index (χ0n) is 12.4.